The topological polar surface area (TPSA) is 43.9 Å². The molecule has 0 aromatic carbocycles. The van der Waals surface area contributed by atoms with Crippen molar-refractivity contribution in [3.8, 4) is 0 Å². The Morgan fingerprint density at radius 1 is 1.17 bits per heavy atom. The summed E-state index contributed by atoms with van der Waals surface area (Å²) in [6, 6.07) is 4.35. The van der Waals surface area contributed by atoms with Gasteiger partial charge in [0.05, 0.1) is 25.1 Å². The van der Waals surface area contributed by atoms with Gasteiger partial charge in [-0.1, -0.05) is 0 Å². The molecule has 3 heterocycles. The summed E-state index contributed by atoms with van der Waals surface area (Å²) >= 11 is 0. The fraction of sp³-hybridized carbons (Fsp3) is 0.706. The van der Waals surface area contributed by atoms with E-state index in [1.807, 2.05) is 6.20 Å². The Morgan fingerprint density at radius 3 is 2.65 bits per heavy atom. The maximum Gasteiger partial charge on any atom is 0.128 e. The molecule has 0 amide bonds. The third kappa shape index (κ3) is 4.80. The first-order valence-electron chi connectivity index (χ1n) is 8.76. The zero-order valence-corrected chi connectivity index (χ0v) is 14.2. The molecule has 6 nitrogen and oxygen atoms in total. The number of nitrogens with zero attached hydrogens (tertiary/aromatic N) is 4. The monoisotopic (exact) mass is 319 g/mol. The van der Waals surface area contributed by atoms with Crippen molar-refractivity contribution in [2.24, 2.45) is 0 Å². The molecule has 2 aliphatic heterocycles. The molecular weight excluding hydrogens is 290 g/mol. The van der Waals surface area contributed by atoms with Gasteiger partial charge >= 0.3 is 0 Å². The first-order valence-corrected chi connectivity index (χ1v) is 8.76. The second kappa shape index (κ2) is 8.47. The minimum Gasteiger partial charge on any atom is -0.379 e. The molecule has 0 saturated carbocycles. The molecule has 1 aromatic heterocycles. The van der Waals surface area contributed by atoms with Crippen LogP contribution in [0.3, 0.4) is 0 Å². The van der Waals surface area contributed by atoms with Gasteiger partial charge in [-0.05, 0) is 18.6 Å². The number of anilines is 2. The van der Waals surface area contributed by atoms with E-state index in [2.05, 4.69) is 44.2 Å². The smallest absolute Gasteiger partial charge is 0.128 e. The molecule has 3 rings (SSSR count). The highest BCUT2D eigenvalue weighted by Gasteiger charge is 2.12. The molecule has 128 valence electrons. The fourth-order valence-corrected chi connectivity index (χ4v) is 3.18. The van der Waals surface area contributed by atoms with Gasteiger partial charge in [-0.3, -0.25) is 4.90 Å². The molecule has 6 heteroatoms. The van der Waals surface area contributed by atoms with Gasteiger partial charge in [-0.2, -0.15) is 0 Å². The molecule has 2 aliphatic rings. The molecule has 0 atom stereocenters. The number of piperazine rings is 1. The summed E-state index contributed by atoms with van der Waals surface area (Å²) in [5.74, 6) is 1.06. The zero-order chi connectivity index (χ0) is 15.9. The van der Waals surface area contributed by atoms with Crippen molar-refractivity contribution in [3.63, 3.8) is 0 Å². The van der Waals surface area contributed by atoms with Crippen molar-refractivity contribution in [3.05, 3.63) is 18.3 Å². The van der Waals surface area contributed by atoms with Crippen LogP contribution in [0.25, 0.3) is 0 Å². The maximum absolute atomic E-state index is 5.39. The van der Waals surface area contributed by atoms with Crippen LogP contribution in [0.1, 0.15) is 6.42 Å². The Labute approximate surface area is 139 Å². The normalized spacial score (nSPS) is 19.8. The number of nitrogens with one attached hydrogen (secondary N) is 1. The number of pyridine rings is 1. The number of ether oxygens (including phenoxy) is 1. The van der Waals surface area contributed by atoms with Gasteiger partial charge < -0.3 is 19.9 Å². The highest BCUT2D eigenvalue weighted by Crippen LogP contribution is 2.17. The SMILES string of the molecule is CN(CCCN1CCOCC1)c1ccc(N2CCNCC2)cn1. The minimum atomic E-state index is 0.880. The van der Waals surface area contributed by atoms with E-state index in [0.29, 0.717) is 0 Å². The highest BCUT2D eigenvalue weighted by atomic mass is 16.5. The van der Waals surface area contributed by atoms with Crippen LogP contribution < -0.4 is 15.1 Å². The Morgan fingerprint density at radius 2 is 1.96 bits per heavy atom. The lowest BCUT2D eigenvalue weighted by Crippen LogP contribution is -2.43. The number of hydrogen-bond donors (Lipinski definition) is 1. The van der Waals surface area contributed by atoms with Gasteiger partial charge in [0.15, 0.2) is 0 Å². The van der Waals surface area contributed by atoms with Crippen molar-refractivity contribution >= 4 is 11.5 Å². The van der Waals surface area contributed by atoms with Crippen molar-refractivity contribution in [1.29, 1.82) is 0 Å². The maximum atomic E-state index is 5.39. The standard InChI is InChI=1S/C17H29N5O/c1-20(7-2-8-21-11-13-23-14-12-21)17-4-3-16(15-19-17)22-9-5-18-6-10-22/h3-4,15,18H,2,5-14H2,1H3. The first kappa shape index (κ1) is 16.5. The lowest BCUT2D eigenvalue weighted by Gasteiger charge is -2.29. The Balaban J connectivity index is 1.44. The summed E-state index contributed by atoms with van der Waals surface area (Å²) in [5.41, 5.74) is 1.23. The van der Waals surface area contributed by atoms with Gasteiger partial charge in [0.1, 0.15) is 5.82 Å². The van der Waals surface area contributed by atoms with Crippen LogP contribution >= 0.6 is 0 Å². The molecule has 1 N–H and O–H groups in total. The molecule has 0 radical (unpaired) electrons. The van der Waals surface area contributed by atoms with Crippen molar-refractivity contribution in [2.75, 3.05) is 82.4 Å². The van der Waals surface area contributed by atoms with Gasteiger partial charge in [0.25, 0.3) is 0 Å². The van der Waals surface area contributed by atoms with Gasteiger partial charge in [-0.25, -0.2) is 4.98 Å². The fourth-order valence-electron chi connectivity index (χ4n) is 3.18. The zero-order valence-electron chi connectivity index (χ0n) is 14.2. The number of morpholine rings is 1. The minimum absolute atomic E-state index is 0.880. The van der Waals surface area contributed by atoms with E-state index in [0.717, 1.165) is 77.8 Å². The summed E-state index contributed by atoms with van der Waals surface area (Å²) in [4.78, 5) is 11.8. The first-order chi connectivity index (χ1) is 11.3. The molecule has 2 saturated heterocycles. The van der Waals surface area contributed by atoms with Crippen LogP contribution in [0, 0.1) is 0 Å². The van der Waals surface area contributed by atoms with E-state index in [4.69, 9.17) is 4.74 Å². The van der Waals surface area contributed by atoms with Crippen molar-refractivity contribution in [1.82, 2.24) is 15.2 Å². The van der Waals surface area contributed by atoms with Crippen LogP contribution in [0.15, 0.2) is 18.3 Å². The second-order valence-corrected chi connectivity index (χ2v) is 6.34. The van der Waals surface area contributed by atoms with E-state index in [1.54, 1.807) is 0 Å². The second-order valence-electron chi connectivity index (χ2n) is 6.34. The van der Waals surface area contributed by atoms with E-state index < -0.39 is 0 Å². The van der Waals surface area contributed by atoms with Crippen LogP contribution in [0.5, 0.6) is 0 Å². The molecule has 1 aromatic rings. The lowest BCUT2D eigenvalue weighted by molar-refractivity contribution is 0.0377. The molecular formula is C17H29N5O. The third-order valence-corrected chi connectivity index (χ3v) is 4.68. The van der Waals surface area contributed by atoms with Crippen molar-refractivity contribution < 1.29 is 4.74 Å². The van der Waals surface area contributed by atoms with E-state index in [-0.39, 0.29) is 0 Å². The van der Waals surface area contributed by atoms with Crippen molar-refractivity contribution in [2.45, 2.75) is 6.42 Å². The quantitative estimate of drug-likeness (QED) is 0.831. The van der Waals surface area contributed by atoms with Gasteiger partial charge in [0.2, 0.25) is 0 Å². The predicted octanol–water partition coefficient (Wildman–Crippen LogP) is 0.650. The summed E-state index contributed by atoms with van der Waals surface area (Å²) < 4.78 is 5.39. The van der Waals surface area contributed by atoms with E-state index >= 15 is 0 Å². The number of rotatable bonds is 6. The van der Waals surface area contributed by atoms with Gasteiger partial charge in [0, 0.05) is 59.4 Å². The van der Waals surface area contributed by atoms with Crippen LogP contribution in [0.4, 0.5) is 11.5 Å². The summed E-state index contributed by atoms with van der Waals surface area (Å²) in [5, 5.41) is 3.38. The van der Waals surface area contributed by atoms with Crippen LogP contribution in [-0.4, -0.2) is 82.5 Å². The third-order valence-electron chi connectivity index (χ3n) is 4.68. The summed E-state index contributed by atoms with van der Waals surface area (Å²) in [6.45, 7) is 10.3. The lowest BCUT2D eigenvalue weighted by atomic mass is 10.3. The average Bonchev–Trinajstić information content (AvgIpc) is 2.63. The molecule has 23 heavy (non-hydrogen) atoms. The highest BCUT2D eigenvalue weighted by molar-refractivity contribution is 5.50. The van der Waals surface area contributed by atoms with Crippen LogP contribution in [0.2, 0.25) is 0 Å². The largest absolute Gasteiger partial charge is 0.379 e. The Hall–Kier alpha value is -1.37. The molecule has 2 fully saturated rings. The predicted molar refractivity (Wildman–Crippen MR) is 94.5 cm³/mol. The van der Waals surface area contributed by atoms with E-state index in [9.17, 15) is 0 Å². The van der Waals surface area contributed by atoms with E-state index in [1.165, 1.54) is 5.69 Å². The molecule has 0 spiro atoms. The summed E-state index contributed by atoms with van der Waals surface area (Å²) in [7, 11) is 2.13. The number of aromatic nitrogens is 1. The average molecular weight is 319 g/mol. The molecule has 0 aliphatic carbocycles. The molecule has 0 bridgehead atoms. The molecule has 0 unspecified atom stereocenters. The number of hydrogen-bond acceptors (Lipinski definition) is 6. The Kier molecular flexibility index (Phi) is 6.07. The summed E-state index contributed by atoms with van der Waals surface area (Å²) in [6.07, 6.45) is 3.18. The van der Waals surface area contributed by atoms with Crippen LogP contribution in [-0.2, 0) is 4.74 Å². The Bertz CT molecular complexity index is 455. The van der Waals surface area contributed by atoms with Gasteiger partial charge in [-0.15, -0.1) is 0 Å².